The number of rotatable bonds is 5. The number of aliphatic hydroxyl groups excluding tert-OH is 1. The van der Waals surface area contributed by atoms with Gasteiger partial charge in [0.05, 0.1) is 12.5 Å². The van der Waals surface area contributed by atoms with Crippen molar-refractivity contribution in [2.75, 3.05) is 13.7 Å². The number of carboxylic acids is 1. The molecule has 0 fully saturated rings. The molecule has 0 heterocycles. The van der Waals surface area contributed by atoms with Crippen molar-refractivity contribution < 1.29 is 19.7 Å². The molecule has 0 saturated carbocycles. The summed E-state index contributed by atoms with van der Waals surface area (Å²) in [6.07, 6.45) is 0.155. The minimum Gasteiger partial charge on any atom is -0.496 e. The summed E-state index contributed by atoms with van der Waals surface area (Å²) in [6, 6.07) is 5.41. The molecule has 0 aromatic heterocycles. The summed E-state index contributed by atoms with van der Waals surface area (Å²) < 4.78 is 5.20. The lowest BCUT2D eigenvalue weighted by Gasteiger charge is -2.26. The molecular weight excluding hydrogens is 220 g/mol. The fraction of sp³-hybridized carbons (Fsp3) is 0.462. The fourth-order valence-corrected chi connectivity index (χ4v) is 1.83. The van der Waals surface area contributed by atoms with Gasteiger partial charge in [-0.1, -0.05) is 17.7 Å². The van der Waals surface area contributed by atoms with Gasteiger partial charge in [-0.3, -0.25) is 4.79 Å². The van der Waals surface area contributed by atoms with E-state index in [1.807, 2.05) is 13.0 Å². The van der Waals surface area contributed by atoms with Crippen molar-refractivity contribution in [1.29, 1.82) is 0 Å². The lowest BCUT2D eigenvalue weighted by molar-refractivity contribution is -0.143. The first-order valence-corrected chi connectivity index (χ1v) is 5.45. The first kappa shape index (κ1) is 13.5. The van der Waals surface area contributed by atoms with E-state index in [4.69, 9.17) is 9.84 Å². The fourth-order valence-electron chi connectivity index (χ4n) is 1.83. The molecule has 94 valence electrons. The van der Waals surface area contributed by atoms with E-state index in [0.717, 1.165) is 5.56 Å². The van der Waals surface area contributed by atoms with Crippen LogP contribution in [0.25, 0.3) is 0 Å². The molecule has 0 amide bonds. The highest BCUT2D eigenvalue weighted by molar-refractivity contribution is 5.82. The molecular formula is C13H18O4. The van der Waals surface area contributed by atoms with Gasteiger partial charge in [0.15, 0.2) is 0 Å². The smallest absolute Gasteiger partial charge is 0.314 e. The van der Waals surface area contributed by atoms with Crippen molar-refractivity contribution in [3.05, 3.63) is 29.3 Å². The first-order chi connectivity index (χ1) is 7.95. The van der Waals surface area contributed by atoms with Gasteiger partial charge >= 0.3 is 5.97 Å². The molecule has 2 N–H and O–H groups in total. The summed E-state index contributed by atoms with van der Waals surface area (Å²) in [5.41, 5.74) is 0.430. The van der Waals surface area contributed by atoms with E-state index in [1.165, 1.54) is 7.11 Å². The molecule has 4 nitrogen and oxygen atoms in total. The Balaban J connectivity index is 3.36. The molecule has 0 aliphatic carbocycles. The summed E-state index contributed by atoms with van der Waals surface area (Å²) in [6.45, 7) is 3.31. The number of aliphatic hydroxyl groups is 1. The van der Waals surface area contributed by atoms with Gasteiger partial charge < -0.3 is 14.9 Å². The number of aryl methyl sites for hydroxylation is 1. The quantitative estimate of drug-likeness (QED) is 0.819. The molecule has 17 heavy (non-hydrogen) atoms. The highest BCUT2D eigenvalue weighted by Gasteiger charge is 2.37. The molecule has 0 saturated heterocycles. The minimum atomic E-state index is -1.13. The molecule has 4 heteroatoms. The van der Waals surface area contributed by atoms with Crippen LogP contribution in [-0.4, -0.2) is 29.9 Å². The Morgan fingerprint density at radius 1 is 1.47 bits per heavy atom. The van der Waals surface area contributed by atoms with Crippen molar-refractivity contribution in [3.8, 4) is 5.75 Å². The van der Waals surface area contributed by atoms with Crippen LogP contribution in [0, 0.1) is 6.92 Å². The van der Waals surface area contributed by atoms with Crippen LogP contribution in [0.1, 0.15) is 24.5 Å². The first-order valence-electron chi connectivity index (χ1n) is 5.45. The van der Waals surface area contributed by atoms with E-state index < -0.39 is 11.4 Å². The summed E-state index contributed by atoms with van der Waals surface area (Å²) in [5.74, 6) is -0.426. The zero-order chi connectivity index (χ0) is 13.1. The van der Waals surface area contributed by atoms with Crippen LogP contribution in [-0.2, 0) is 10.2 Å². The highest BCUT2D eigenvalue weighted by atomic mass is 16.5. The van der Waals surface area contributed by atoms with E-state index in [1.54, 1.807) is 19.1 Å². The Morgan fingerprint density at radius 2 is 2.12 bits per heavy atom. The molecule has 0 spiro atoms. The molecule has 0 aliphatic heterocycles. The normalized spacial score (nSPS) is 14.1. The van der Waals surface area contributed by atoms with Gasteiger partial charge in [0, 0.05) is 12.2 Å². The van der Waals surface area contributed by atoms with Gasteiger partial charge in [0.25, 0.3) is 0 Å². The Hall–Kier alpha value is -1.55. The van der Waals surface area contributed by atoms with Crippen molar-refractivity contribution in [1.82, 2.24) is 0 Å². The van der Waals surface area contributed by atoms with Crippen LogP contribution in [0.4, 0.5) is 0 Å². The van der Waals surface area contributed by atoms with E-state index in [2.05, 4.69) is 0 Å². The molecule has 1 aromatic rings. The summed E-state index contributed by atoms with van der Waals surface area (Å²) >= 11 is 0. The summed E-state index contributed by atoms with van der Waals surface area (Å²) in [4.78, 5) is 11.4. The SMILES string of the molecule is COc1ccc(C)cc1C(C)(CCO)C(=O)O. The van der Waals surface area contributed by atoms with Crippen molar-refractivity contribution in [3.63, 3.8) is 0 Å². The summed E-state index contributed by atoms with van der Waals surface area (Å²) in [7, 11) is 1.51. The third kappa shape index (κ3) is 2.58. The standard InChI is InChI=1S/C13H18O4/c1-9-4-5-11(17-3)10(8-9)13(2,6-7-14)12(15)16/h4-5,8,14H,6-7H2,1-3H3,(H,15,16). The van der Waals surface area contributed by atoms with E-state index in [0.29, 0.717) is 11.3 Å². The van der Waals surface area contributed by atoms with Gasteiger partial charge in [-0.25, -0.2) is 0 Å². The third-order valence-corrected chi connectivity index (χ3v) is 3.03. The van der Waals surface area contributed by atoms with Crippen LogP contribution in [0.15, 0.2) is 18.2 Å². The Morgan fingerprint density at radius 3 is 2.59 bits per heavy atom. The van der Waals surface area contributed by atoms with Gasteiger partial charge in [0.1, 0.15) is 5.75 Å². The van der Waals surface area contributed by atoms with E-state index in [9.17, 15) is 9.90 Å². The van der Waals surface area contributed by atoms with Crippen LogP contribution < -0.4 is 4.74 Å². The molecule has 1 unspecified atom stereocenters. The van der Waals surface area contributed by atoms with Crippen LogP contribution >= 0.6 is 0 Å². The van der Waals surface area contributed by atoms with Crippen molar-refractivity contribution >= 4 is 5.97 Å². The van der Waals surface area contributed by atoms with Gasteiger partial charge in [-0.05, 0) is 26.3 Å². The van der Waals surface area contributed by atoms with Crippen LogP contribution in [0.2, 0.25) is 0 Å². The van der Waals surface area contributed by atoms with Crippen molar-refractivity contribution in [2.24, 2.45) is 0 Å². The van der Waals surface area contributed by atoms with E-state index >= 15 is 0 Å². The largest absolute Gasteiger partial charge is 0.496 e. The monoisotopic (exact) mass is 238 g/mol. The average molecular weight is 238 g/mol. The maximum absolute atomic E-state index is 11.4. The Bertz CT molecular complexity index is 414. The second kappa shape index (κ2) is 5.19. The number of aliphatic carboxylic acids is 1. The van der Waals surface area contributed by atoms with Crippen LogP contribution in [0.5, 0.6) is 5.75 Å². The zero-order valence-electron chi connectivity index (χ0n) is 10.4. The molecule has 1 aromatic carbocycles. The Labute approximate surface area is 101 Å². The number of methoxy groups -OCH3 is 1. The van der Waals surface area contributed by atoms with Crippen molar-refractivity contribution in [2.45, 2.75) is 25.7 Å². The molecule has 1 rings (SSSR count). The molecule has 0 aliphatic rings. The predicted octanol–water partition coefficient (Wildman–Crippen LogP) is 1.73. The minimum absolute atomic E-state index is 0.155. The Kier molecular flexibility index (Phi) is 4.12. The lowest BCUT2D eigenvalue weighted by atomic mass is 9.78. The number of benzene rings is 1. The van der Waals surface area contributed by atoms with Crippen LogP contribution in [0.3, 0.4) is 0 Å². The maximum Gasteiger partial charge on any atom is 0.314 e. The number of ether oxygens (including phenoxy) is 1. The number of hydrogen-bond donors (Lipinski definition) is 2. The molecule has 0 bridgehead atoms. The second-order valence-corrected chi connectivity index (χ2v) is 4.31. The van der Waals surface area contributed by atoms with Gasteiger partial charge in [0.2, 0.25) is 0 Å². The third-order valence-electron chi connectivity index (χ3n) is 3.03. The number of hydrogen-bond acceptors (Lipinski definition) is 3. The summed E-state index contributed by atoms with van der Waals surface area (Å²) in [5, 5.41) is 18.4. The molecule has 0 radical (unpaired) electrons. The maximum atomic E-state index is 11.4. The zero-order valence-corrected chi connectivity index (χ0v) is 10.4. The predicted molar refractivity (Wildman–Crippen MR) is 64.4 cm³/mol. The lowest BCUT2D eigenvalue weighted by Crippen LogP contribution is -2.34. The van der Waals surface area contributed by atoms with Gasteiger partial charge in [-0.2, -0.15) is 0 Å². The van der Waals surface area contributed by atoms with E-state index in [-0.39, 0.29) is 13.0 Å². The number of carboxylic acid groups (broad SMARTS) is 1. The average Bonchev–Trinajstić information content (AvgIpc) is 2.29. The second-order valence-electron chi connectivity index (χ2n) is 4.31. The molecule has 1 atom stereocenters. The topological polar surface area (TPSA) is 66.8 Å². The highest BCUT2D eigenvalue weighted by Crippen LogP contribution is 2.35. The number of carbonyl (C=O) groups is 1. The van der Waals surface area contributed by atoms with Gasteiger partial charge in [-0.15, -0.1) is 0 Å².